The minimum atomic E-state index is -0.314. The van der Waals surface area contributed by atoms with Crippen LogP contribution in [0.25, 0.3) is 16.9 Å². The van der Waals surface area contributed by atoms with Gasteiger partial charge in [0.2, 0.25) is 5.91 Å². The van der Waals surface area contributed by atoms with Crippen molar-refractivity contribution in [1.82, 2.24) is 24.4 Å². The molecule has 178 valence electrons. The number of piperazine rings is 1. The van der Waals surface area contributed by atoms with Gasteiger partial charge >= 0.3 is 0 Å². The third-order valence-electron chi connectivity index (χ3n) is 7.47. The topological polar surface area (TPSA) is 93.9 Å². The molecule has 2 N–H and O–H groups in total. The molecule has 0 unspecified atom stereocenters. The van der Waals surface area contributed by atoms with Crippen molar-refractivity contribution in [3.63, 3.8) is 0 Å². The molecule has 9 heteroatoms. The fourth-order valence-electron chi connectivity index (χ4n) is 5.37. The van der Waals surface area contributed by atoms with E-state index in [-0.39, 0.29) is 36.2 Å². The molecule has 3 aliphatic rings. The highest BCUT2D eigenvalue weighted by molar-refractivity contribution is 6.37. The summed E-state index contributed by atoms with van der Waals surface area (Å²) in [5.41, 5.74) is 3.88. The van der Waals surface area contributed by atoms with Gasteiger partial charge in [0.25, 0.3) is 5.91 Å². The Hall–Kier alpha value is -2.84. The van der Waals surface area contributed by atoms with E-state index in [1.54, 1.807) is 9.42 Å². The smallest absolute Gasteiger partial charge is 0.276 e. The number of carbonyl (C=O) groups excluding carboxylic acids is 2. The Labute approximate surface area is 202 Å². The number of aromatic nitrogens is 3. The number of nitrogens with zero attached hydrogens (tertiary/aromatic N) is 4. The van der Waals surface area contributed by atoms with Gasteiger partial charge in [0.1, 0.15) is 6.54 Å². The first-order valence-corrected chi connectivity index (χ1v) is 12.5. The van der Waals surface area contributed by atoms with Crippen LogP contribution in [0.1, 0.15) is 60.5 Å². The molecule has 1 saturated heterocycles. The SMILES string of the molecule is O=C(c1nn2c(-c3ccc[nH]3)cc(C3CC3)cc2c1Cl)N1CCN(C2CCC(O)CC2)C(=O)C1. The third-order valence-corrected chi connectivity index (χ3v) is 7.85. The zero-order chi connectivity index (χ0) is 23.4. The summed E-state index contributed by atoms with van der Waals surface area (Å²) < 4.78 is 1.73. The van der Waals surface area contributed by atoms with Crippen LogP contribution in [0, 0.1) is 0 Å². The van der Waals surface area contributed by atoms with Gasteiger partial charge in [-0.25, -0.2) is 4.52 Å². The van der Waals surface area contributed by atoms with Gasteiger partial charge in [0, 0.05) is 25.3 Å². The van der Waals surface area contributed by atoms with E-state index in [4.69, 9.17) is 11.6 Å². The highest BCUT2D eigenvalue weighted by Crippen LogP contribution is 2.42. The van der Waals surface area contributed by atoms with Crippen LogP contribution in [0.4, 0.5) is 0 Å². The molecule has 1 aliphatic heterocycles. The standard InChI is InChI=1S/C25H28ClN5O3/c26-23-21-13-16(15-3-4-15)12-20(19-2-1-9-27-19)31(21)28-24(23)25(34)29-10-11-30(22(33)14-29)17-5-7-18(32)8-6-17/h1-2,9,12-13,15,17-18,27,32H,3-8,10-11,14H2. The van der Waals surface area contributed by atoms with E-state index in [1.165, 1.54) is 5.56 Å². The Bertz CT molecular complexity index is 1240. The molecule has 2 amide bonds. The highest BCUT2D eigenvalue weighted by Gasteiger charge is 2.35. The molecular weight excluding hydrogens is 454 g/mol. The van der Waals surface area contributed by atoms with Gasteiger partial charge in [-0.3, -0.25) is 9.59 Å². The van der Waals surface area contributed by atoms with Crippen LogP contribution in [-0.4, -0.2) is 73.1 Å². The number of H-pyrrole nitrogens is 1. The Morgan fingerprint density at radius 3 is 2.59 bits per heavy atom. The van der Waals surface area contributed by atoms with Crippen LogP contribution in [-0.2, 0) is 4.79 Å². The molecule has 3 aromatic heterocycles. The van der Waals surface area contributed by atoms with Gasteiger partial charge in [0.15, 0.2) is 5.69 Å². The van der Waals surface area contributed by atoms with Crippen LogP contribution in [0.2, 0.25) is 5.02 Å². The number of aromatic amines is 1. The average molecular weight is 482 g/mol. The number of hydrogen-bond acceptors (Lipinski definition) is 4. The van der Waals surface area contributed by atoms with E-state index >= 15 is 0 Å². The van der Waals surface area contributed by atoms with Crippen molar-refractivity contribution >= 4 is 28.9 Å². The van der Waals surface area contributed by atoms with Gasteiger partial charge in [-0.05, 0) is 74.3 Å². The fraction of sp³-hybridized carbons (Fsp3) is 0.480. The van der Waals surface area contributed by atoms with E-state index in [0.29, 0.717) is 29.5 Å². The molecule has 0 spiro atoms. The van der Waals surface area contributed by atoms with Crippen molar-refractivity contribution in [2.24, 2.45) is 0 Å². The maximum absolute atomic E-state index is 13.4. The summed E-state index contributed by atoms with van der Waals surface area (Å²) in [4.78, 5) is 33.0. The molecule has 2 aliphatic carbocycles. The van der Waals surface area contributed by atoms with Crippen LogP contribution in [0.3, 0.4) is 0 Å². The molecule has 3 aromatic rings. The van der Waals surface area contributed by atoms with Crippen LogP contribution in [0.5, 0.6) is 0 Å². The molecule has 34 heavy (non-hydrogen) atoms. The van der Waals surface area contributed by atoms with E-state index < -0.39 is 0 Å². The first-order chi connectivity index (χ1) is 16.5. The molecule has 0 bridgehead atoms. The summed E-state index contributed by atoms with van der Waals surface area (Å²) in [7, 11) is 0. The van der Waals surface area contributed by atoms with E-state index in [1.807, 2.05) is 29.3 Å². The Balaban J connectivity index is 1.28. The quantitative estimate of drug-likeness (QED) is 0.596. The summed E-state index contributed by atoms with van der Waals surface area (Å²) in [5, 5.41) is 14.7. The predicted molar refractivity (Wildman–Crippen MR) is 128 cm³/mol. The van der Waals surface area contributed by atoms with Crippen LogP contribution < -0.4 is 0 Å². The molecular formula is C25H28ClN5O3. The second-order valence-electron chi connectivity index (χ2n) is 9.77. The van der Waals surface area contributed by atoms with Gasteiger partial charge in [-0.15, -0.1) is 0 Å². The lowest BCUT2D eigenvalue weighted by Gasteiger charge is -2.41. The molecule has 2 saturated carbocycles. The number of aliphatic hydroxyl groups is 1. The number of fused-ring (bicyclic) bond motifs is 1. The van der Waals surface area contributed by atoms with Crippen LogP contribution in [0.15, 0.2) is 30.5 Å². The number of amides is 2. The van der Waals surface area contributed by atoms with Crippen molar-refractivity contribution in [1.29, 1.82) is 0 Å². The Morgan fingerprint density at radius 2 is 1.91 bits per heavy atom. The maximum Gasteiger partial charge on any atom is 0.276 e. The minimum absolute atomic E-state index is 0.0267. The number of halogens is 1. The second kappa shape index (κ2) is 8.43. The molecule has 0 atom stereocenters. The van der Waals surface area contributed by atoms with Crippen molar-refractivity contribution in [2.45, 2.75) is 56.6 Å². The molecule has 6 rings (SSSR count). The Kier molecular flexibility index (Phi) is 5.37. The average Bonchev–Trinajstić information content (AvgIpc) is 3.45. The van der Waals surface area contributed by atoms with Gasteiger partial charge < -0.3 is 19.9 Å². The third kappa shape index (κ3) is 3.79. The number of aliphatic hydroxyl groups excluding tert-OH is 1. The number of rotatable bonds is 4. The minimum Gasteiger partial charge on any atom is -0.393 e. The summed E-state index contributed by atoms with van der Waals surface area (Å²) in [6, 6.07) is 8.22. The van der Waals surface area contributed by atoms with Gasteiger partial charge in [-0.1, -0.05) is 11.6 Å². The van der Waals surface area contributed by atoms with Gasteiger partial charge in [0.05, 0.1) is 28.0 Å². The lowest BCUT2D eigenvalue weighted by molar-refractivity contribution is -0.138. The lowest BCUT2D eigenvalue weighted by Crippen LogP contribution is -2.56. The van der Waals surface area contributed by atoms with E-state index in [2.05, 4.69) is 16.1 Å². The zero-order valence-electron chi connectivity index (χ0n) is 18.9. The second-order valence-corrected chi connectivity index (χ2v) is 10.1. The monoisotopic (exact) mass is 481 g/mol. The fourth-order valence-corrected chi connectivity index (χ4v) is 5.63. The first-order valence-electron chi connectivity index (χ1n) is 12.1. The van der Waals surface area contributed by atoms with Crippen molar-refractivity contribution in [3.8, 4) is 11.4 Å². The van der Waals surface area contributed by atoms with Crippen molar-refractivity contribution in [2.75, 3.05) is 19.6 Å². The highest BCUT2D eigenvalue weighted by atomic mass is 35.5. The number of pyridine rings is 1. The van der Waals surface area contributed by atoms with E-state index in [9.17, 15) is 14.7 Å². The Morgan fingerprint density at radius 1 is 1.12 bits per heavy atom. The number of hydrogen-bond donors (Lipinski definition) is 2. The maximum atomic E-state index is 13.4. The molecule has 3 fully saturated rings. The molecule has 0 aromatic carbocycles. The van der Waals surface area contributed by atoms with Crippen molar-refractivity contribution < 1.29 is 14.7 Å². The summed E-state index contributed by atoms with van der Waals surface area (Å²) in [5.74, 6) is 0.158. The normalized spacial score (nSPS) is 23.6. The molecule has 8 nitrogen and oxygen atoms in total. The molecule has 4 heterocycles. The van der Waals surface area contributed by atoms with E-state index in [0.717, 1.165) is 49.9 Å². The molecule has 0 radical (unpaired) electrons. The largest absolute Gasteiger partial charge is 0.393 e. The van der Waals surface area contributed by atoms with Gasteiger partial charge in [-0.2, -0.15) is 5.10 Å². The zero-order valence-corrected chi connectivity index (χ0v) is 19.7. The first kappa shape index (κ1) is 21.7. The summed E-state index contributed by atoms with van der Waals surface area (Å²) in [6.45, 7) is 0.972. The van der Waals surface area contributed by atoms with Crippen LogP contribution >= 0.6 is 11.6 Å². The lowest BCUT2D eigenvalue weighted by atomic mass is 9.91. The number of nitrogens with one attached hydrogen (secondary N) is 1. The predicted octanol–water partition coefficient (Wildman–Crippen LogP) is 3.45. The van der Waals surface area contributed by atoms with Crippen molar-refractivity contribution in [3.05, 3.63) is 46.7 Å². The summed E-state index contributed by atoms with van der Waals surface area (Å²) >= 11 is 6.74. The summed E-state index contributed by atoms with van der Waals surface area (Å²) in [6.07, 6.45) is 6.98. The number of carbonyl (C=O) groups is 2.